The van der Waals surface area contributed by atoms with Gasteiger partial charge in [-0.2, -0.15) is 4.98 Å². The summed E-state index contributed by atoms with van der Waals surface area (Å²) < 4.78 is 15.7. The van der Waals surface area contributed by atoms with E-state index in [0.29, 0.717) is 38.2 Å². The molecule has 1 saturated carbocycles. The van der Waals surface area contributed by atoms with Gasteiger partial charge in [0.05, 0.1) is 25.9 Å². The Balaban J connectivity index is 1.69. The highest BCUT2D eigenvalue weighted by atomic mass is 16.5. The summed E-state index contributed by atoms with van der Waals surface area (Å²) in [5.74, 6) is 1.56. The van der Waals surface area contributed by atoms with E-state index in [-0.39, 0.29) is 5.56 Å². The number of aromatic amines is 1. The van der Waals surface area contributed by atoms with Crippen molar-refractivity contribution in [2.45, 2.75) is 25.2 Å². The van der Waals surface area contributed by atoms with Crippen molar-refractivity contribution in [2.24, 2.45) is 0 Å². The summed E-state index contributed by atoms with van der Waals surface area (Å²) in [5.41, 5.74) is -0.150. The third-order valence-corrected chi connectivity index (χ3v) is 2.82. The van der Waals surface area contributed by atoms with E-state index in [2.05, 4.69) is 9.97 Å². The van der Waals surface area contributed by atoms with Crippen LogP contribution in [0.15, 0.2) is 10.9 Å². The SMILES string of the molecule is COCCOCCCOc1cc(=O)[nH]c(C2CC2)n1. The van der Waals surface area contributed by atoms with Crippen LogP contribution in [0.4, 0.5) is 0 Å². The van der Waals surface area contributed by atoms with E-state index in [1.807, 2.05) is 0 Å². The van der Waals surface area contributed by atoms with Gasteiger partial charge in [0.2, 0.25) is 5.88 Å². The van der Waals surface area contributed by atoms with Gasteiger partial charge in [-0.05, 0) is 12.8 Å². The fourth-order valence-corrected chi connectivity index (χ4v) is 1.66. The van der Waals surface area contributed by atoms with Crippen LogP contribution >= 0.6 is 0 Å². The van der Waals surface area contributed by atoms with Crippen LogP contribution in [-0.2, 0) is 9.47 Å². The van der Waals surface area contributed by atoms with Gasteiger partial charge in [-0.3, -0.25) is 4.79 Å². The second kappa shape index (κ2) is 7.25. The lowest BCUT2D eigenvalue weighted by atomic mass is 10.4. The zero-order valence-corrected chi connectivity index (χ0v) is 11.2. The molecule has 0 saturated heterocycles. The number of H-pyrrole nitrogens is 1. The van der Waals surface area contributed by atoms with E-state index in [1.54, 1.807) is 7.11 Å². The molecule has 1 aliphatic rings. The Labute approximate surface area is 112 Å². The molecule has 1 aliphatic carbocycles. The molecular weight excluding hydrogens is 248 g/mol. The Kier molecular flexibility index (Phi) is 5.35. The maximum Gasteiger partial charge on any atom is 0.254 e. The molecule has 1 aromatic heterocycles. The Morgan fingerprint density at radius 1 is 1.32 bits per heavy atom. The molecule has 2 rings (SSSR count). The molecule has 0 spiro atoms. The fourth-order valence-electron chi connectivity index (χ4n) is 1.66. The van der Waals surface area contributed by atoms with Crippen molar-refractivity contribution in [2.75, 3.05) is 33.5 Å². The van der Waals surface area contributed by atoms with Gasteiger partial charge in [-0.1, -0.05) is 0 Å². The zero-order chi connectivity index (χ0) is 13.5. The van der Waals surface area contributed by atoms with Gasteiger partial charge >= 0.3 is 0 Å². The summed E-state index contributed by atoms with van der Waals surface area (Å²) in [6.45, 7) is 2.29. The molecule has 0 radical (unpaired) electrons. The molecule has 0 atom stereocenters. The van der Waals surface area contributed by atoms with Crippen LogP contribution in [0.2, 0.25) is 0 Å². The highest BCUT2D eigenvalue weighted by Crippen LogP contribution is 2.37. The molecule has 0 amide bonds. The van der Waals surface area contributed by atoms with Crippen molar-refractivity contribution in [3.05, 3.63) is 22.2 Å². The lowest BCUT2D eigenvalue weighted by Gasteiger charge is -2.07. The first kappa shape index (κ1) is 14.0. The largest absolute Gasteiger partial charge is 0.477 e. The maximum absolute atomic E-state index is 11.4. The number of ether oxygens (including phenoxy) is 3. The first-order valence-electron chi connectivity index (χ1n) is 6.60. The predicted octanol–water partition coefficient (Wildman–Crippen LogP) is 1.08. The Morgan fingerprint density at radius 3 is 2.89 bits per heavy atom. The van der Waals surface area contributed by atoms with Crippen LogP contribution in [0.3, 0.4) is 0 Å². The van der Waals surface area contributed by atoms with Crippen LogP contribution in [0.5, 0.6) is 5.88 Å². The van der Waals surface area contributed by atoms with Gasteiger partial charge < -0.3 is 19.2 Å². The molecule has 1 aromatic rings. The van der Waals surface area contributed by atoms with E-state index in [0.717, 1.165) is 25.1 Å². The van der Waals surface area contributed by atoms with Crippen LogP contribution < -0.4 is 10.3 Å². The van der Waals surface area contributed by atoms with Crippen molar-refractivity contribution in [3.8, 4) is 5.88 Å². The number of rotatable bonds is 9. The van der Waals surface area contributed by atoms with Gasteiger partial charge in [-0.25, -0.2) is 0 Å². The maximum atomic E-state index is 11.4. The average Bonchev–Trinajstić information content (AvgIpc) is 3.21. The summed E-state index contributed by atoms with van der Waals surface area (Å²) >= 11 is 0. The van der Waals surface area contributed by atoms with Gasteiger partial charge in [0.25, 0.3) is 5.56 Å². The Bertz CT molecular complexity index is 443. The van der Waals surface area contributed by atoms with Crippen LogP contribution in [0.25, 0.3) is 0 Å². The summed E-state index contributed by atoms with van der Waals surface area (Å²) in [6, 6.07) is 1.39. The molecule has 19 heavy (non-hydrogen) atoms. The Morgan fingerprint density at radius 2 is 2.16 bits per heavy atom. The van der Waals surface area contributed by atoms with Crippen molar-refractivity contribution in [1.82, 2.24) is 9.97 Å². The summed E-state index contributed by atoms with van der Waals surface area (Å²) in [4.78, 5) is 18.5. The van der Waals surface area contributed by atoms with E-state index >= 15 is 0 Å². The molecule has 0 aromatic carbocycles. The molecule has 1 fully saturated rings. The quantitative estimate of drug-likeness (QED) is 0.678. The first-order valence-corrected chi connectivity index (χ1v) is 6.60. The summed E-state index contributed by atoms with van der Waals surface area (Å²) in [7, 11) is 1.64. The number of nitrogens with zero attached hydrogens (tertiary/aromatic N) is 1. The molecule has 0 bridgehead atoms. The highest BCUT2D eigenvalue weighted by Gasteiger charge is 2.26. The Hall–Kier alpha value is -1.40. The van der Waals surface area contributed by atoms with Crippen molar-refractivity contribution in [3.63, 3.8) is 0 Å². The second-order valence-corrected chi connectivity index (χ2v) is 4.55. The highest BCUT2D eigenvalue weighted by molar-refractivity contribution is 5.13. The first-order chi connectivity index (χ1) is 9.29. The van der Waals surface area contributed by atoms with Crippen molar-refractivity contribution < 1.29 is 14.2 Å². The minimum atomic E-state index is -0.150. The summed E-state index contributed by atoms with van der Waals surface area (Å²) in [6.07, 6.45) is 2.95. The second-order valence-electron chi connectivity index (χ2n) is 4.55. The van der Waals surface area contributed by atoms with Crippen LogP contribution in [-0.4, -0.2) is 43.5 Å². The zero-order valence-electron chi connectivity index (χ0n) is 11.2. The third kappa shape index (κ3) is 5.00. The lowest BCUT2D eigenvalue weighted by Crippen LogP contribution is -2.13. The molecule has 0 aliphatic heterocycles. The molecule has 1 N–H and O–H groups in total. The summed E-state index contributed by atoms with van der Waals surface area (Å²) in [5, 5.41) is 0. The van der Waals surface area contributed by atoms with E-state index in [4.69, 9.17) is 14.2 Å². The molecule has 6 nitrogen and oxygen atoms in total. The van der Waals surface area contributed by atoms with Gasteiger partial charge in [0, 0.05) is 26.1 Å². The lowest BCUT2D eigenvalue weighted by molar-refractivity contribution is 0.0642. The number of hydrogen-bond donors (Lipinski definition) is 1. The smallest absolute Gasteiger partial charge is 0.254 e. The molecular formula is C13H20N2O4. The normalized spacial score (nSPS) is 14.6. The molecule has 0 unspecified atom stereocenters. The van der Waals surface area contributed by atoms with Gasteiger partial charge in [0.1, 0.15) is 5.82 Å². The third-order valence-electron chi connectivity index (χ3n) is 2.82. The molecule has 6 heteroatoms. The van der Waals surface area contributed by atoms with Gasteiger partial charge in [0.15, 0.2) is 0 Å². The van der Waals surface area contributed by atoms with Crippen LogP contribution in [0.1, 0.15) is 31.0 Å². The van der Waals surface area contributed by atoms with Crippen molar-refractivity contribution in [1.29, 1.82) is 0 Å². The topological polar surface area (TPSA) is 73.4 Å². The molecule has 106 valence electrons. The van der Waals surface area contributed by atoms with E-state index < -0.39 is 0 Å². The molecule has 1 heterocycles. The predicted molar refractivity (Wildman–Crippen MR) is 69.6 cm³/mol. The van der Waals surface area contributed by atoms with E-state index in [9.17, 15) is 4.79 Å². The minimum Gasteiger partial charge on any atom is -0.477 e. The van der Waals surface area contributed by atoms with E-state index in [1.165, 1.54) is 6.07 Å². The standard InChI is InChI=1S/C13H20N2O4/c1-17-7-8-18-5-2-6-19-12-9-11(16)14-13(15-12)10-3-4-10/h9-10H,2-8H2,1H3,(H,14,15,16). The minimum absolute atomic E-state index is 0.150. The number of hydrogen-bond acceptors (Lipinski definition) is 5. The number of methoxy groups -OCH3 is 1. The monoisotopic (exact) mass is 268 g/mol. The fraction of sp³-hybridized carbons (Fsp3) is 0.692. The number of nitrogens with one attached hydrogen (secondary N) is 1. The van der Waals surface area contributed by atoms with Crippen LogP contribution in [0, 0.1) is 0 Å². The average molecular weight is 268 g/mol. The van der Waals surface area contributed by atoms with Gasteiger partial charge in [-0.15, -0.1) is 0 Å². The van der Waals surface area contributed by atoms with Crippen molar-refractivity contribution >= 4 is 0 Å². The number of aromatic nitrogens is 2.